The molecular weight excluding hydrogens is 378 g/mol. The Labute approximate surface area is 173 Å². The molecule has 6 heteroatoms. The van der Waals surface area contributed by atoms with Crippen LogP contribution < -0.4 is 5.32 Å². The molecule has 0 fully saturated rings. The average Bonchev–Trinajstić information content (AvgIpc) is 3.15. The molecule has 150 valence electrons. The number of amides is 2. The van der Waals surface area contributed by atoms with Gasteiger partial charge in [0.25, 0.3) is 0 Å². The molecular formula is C24H21N3O3. The lowest BCUT2D eigenvalue weighted by molar-refractivity contribution is 0.0601. The molecule has 2 amide bonds. The average molecular weight is 399 g/mol. The highest BCUT2D eigenvalue weighted by Gasteiger charge is 2.24. The maximum absolute atomic E-state index is 12.9. The Morgan fingerprint density at radius 2 is 1.87 bits per heavy atom. The van der Waals surface area contributed by atoms with Crippen molar-refractivity contribution in [3.8, 4) is 0 Å². The largest absolute Gasteiger partial charge is 0.465 e. The van der Waals surface area contributed by atoms with Crippen LogP contribution in [0, 0.1) is 0 Å². The summed E-state index contributed by atoms with van der Waals surface area (Å²) in [6.07, 6.45) is 0.739. The molecule has 0 radical (unpaired) electrons. The van der Waals surface area contributed by atoms with Crippen molar-refractivity contribution < 1.29 is 14.3 Å². The van der Waals surface area contributed by atoms with Crippen LogP contribution in [0.4, 0.5) is 10.5 Å². The quantitative estimate of drug-likeness (QED) is 0.480. The Morgan fingerprint density at radius 1 is 1.03 bits per heavy atom. The molecule has 0 unspecified atom stereocenters. The molecule has 30 heavy (non-hydrogen) atoms. The number of aromatic amines is 1. The van der Waals surface area contributed by atoms with E-state index in [9.17, 15) is 9.59 Å². The zero-order chi connectivity index (χ0) is 20.7. The van der Waals surface area contributed by atoms with Crippen molar-refractivity contribution >= 4 is 39.4 Å². The number of nitrogens with zero attached hydrogens (tertiary/aromatic N) is 1. The number of carbonyl (C=O) groups excluding carboxylic acids is 2. The van der Waals surface area contributed by atoms with Gasteiger partial charge in [-0.25, -0.2) is 9.59 Å². The van der Waals surface area contributed by atoms with Crippen LogP contribution in [0.15, 0.2) is 60.7 Å². The van der Waals surface area contributed by atoms with Gasteiger partial charge in [0.15, 0.2) is 0 Å². The SMILES string of the molecule is COC(=O)c1ccc2[nH]c3c(c2c1)CN(C(=O)Nc1ccc2ccccc2c1)CC3. The number of nitrogens with one attached hydrogen (secondary N) is 2. The zero-order valence-corrected chi connectivity index (χ0v) is 16.6. The third-order valence-electron chi connectivity index (χ3n) is 5.68. The number of carbonyl (C=O) groups is 2. The molecule has 0 bridgehead atoms. The van der Waals surface area contributed by atoms with E-state index in [1.165, 1.54) is 7.11 Å². The minimum atomic E-state index is -0.367. The second-order valence-corrected chi connectivity index (χ2v) is 7.50. The van der Waals surface area contributed by atoms with Crippen LogP contribution in [-0.4, -0.2) is 35.5 Å². The first-order chi connectivity index (χ1) is 14.6. The van der Waals surface area contributed by atoms with Gasteiger partial charge in [-0.15, -0.1) is 0 Å². The summed E-state index contributed by atoms with van der Waals surface area (Å²) < 4.78 is 4.84. The number of anilines is 1. The first kappa shape index (κ1) is 18.2. The van der Waals surface area contributed by atoms with Crippen molar-refractivity contribution in [1.29, 1.82) is 0 Å². The number of rotatable bonds is 2. The summed E-state index contributed by atoms with van der Waals surface area (Å²) in [5, 5.41) is 6.19. The summed E-state index contributed by atoms with van der Waals surface area (Å²) in [7, 11) is 1.37. The van der Waals surface area contributed by atoms with E-state index in [2.05, 4.69) is 10.3 Å². The number of benzene rings is 3. The van der Waals surface area contributed by atoms with E-state index in [1.54, 1.807) is 11.0 Å². The predicted molar refractivity (Wildman–Crippen MR) is 117 cm³/mol. The second-order valence-electron chi connectivity index (χ2n) is 7.50. The Kier molecular flexibility index (Phi) is 4.39. The van der Waals surface area contributed by atoms with Gasteiger partial charge in [-0.2, -0.15) is 0 Å². The molecule has 0 saturated heterocycles. The van der Waals surface area contributed by atoms with Crippen LogP contribution >= 0.6 is 0 Å². The molecule has 1 aliphatic heterocycles. The van der Waals surface area contributed by atoms with Gasteiger partial charge >= 0.3 is 12.0 Å². The molecule has 6 nitrogen and oxygen atoms in total. The highest BCUT2D eigenvalue weighted by Crippen LogP contribution is 2.29. The maximum atomic E-state index is 12.9. The summed E-state index contributed by atoms with van der Waals surface area (Å²) in [5.41, 5.74) is 4.41. The molecule has 1 aliphatic rings. The van der Waals surface area contributed by atoms with Crippen LogP contribution in [0.1, 0.15) is 21.6 Å². The van der Waals surface area contributed by atoms with Crippen LogP contribution in [0.3, 0.4) is 0 Å². The van der Waals surface area contributed by atoms with E-state index >= 15 is 0 Å². The summed E-state index contributed by atoms with van der Waals surface area (Å²) in [6.45, 7) is 1.11. The van der Waals surface area contributed by atoms with Crippen LogP contribution in [0.5, 0.6) is 0 Å². The molecule has 5 rings (SSSR count). The Hall–Kier alpha value is -3.80. The van der Waals surface area contributed by atoms with Gasteiger partial charge in [0.2, 0.25) is 0 Å². The zero-order valence-electron chi connectivity index (χ0n) is 16.6. The second kappa shape index (κ2) is 7.22. The molecule has 0 spiro atoms. The number of hydrogen-bond acceptors (Lipinski definition) is 3. The molecule has 1 aromatic heterocycles. The third-order valence-corrected chi connectivity index (χ3v) is 5.68. The fourth-order valence-corrected chi connectivity index (χ4v) is 4.10. The standard InChI is InChI=1S/C24H21N3O3/c1-30-23(28)17-7-9-21-19(13-17)20-14-27(11-10-22(20)26-21)24(29)25-18-8-6-15-4-2-3-5-16(15)12-18/h2-9,12-13,26H,10-11,14H2,1H3,(H,25,29). The summed E-state index contributed by atoms with van der Waals surface area (Å²) in [6, 6.07) is 19.3. The summed E-state index contributed by atoms with van der Waals surface area (Å²) in [4.78, 5) is 30.1. The Balaban J connectivity index is 1.39. The first-order valence-corrected chi connectivity index (χ1v) is 9.89. The number of urea groups is 1. The lowest BCUT2D eigenvalue weighted by atomic mass is 10.0. The minimum Gasteiger partial charge on any atom is -0.465 e. The summed E-state index contributed by atoms with van der Waals surface area (Å²) >= 11 is 0. The maximum Gasteiger partial charge on any atom is 0.337 e. The molecule has 3 aromatic carbocycles. The van der Waals surface area contributed by atoms with Crippen molar-refractivity contribution in [2.75, 3.05) is 19.0 Å². The molecule has 0 saturated carbocycles. The van der Waals surface area contributed by atoms with Crippen LogP contribution in [0.25, 0.3) is 21.7 Å². The fourth-order valence-electron chi connectivity index (χ4n) is 4.10. The predicted octanol–water partition coefficient (Wildman–Crippen LogP) is 4.70. The van der Waals surface area contributed by atoms with Crippen LogP contribution in [-0.2, 0) is 17.7 Å². The van der Waals surface area contributed by atoms with Crippen molar-refractivity contribution in [1.82, 2.24) is 9.88 Å². The number of ether oxygens (including phenoxy) is 1. The highest BCUT2D eigenvalue weighted by atomic mass is 16.5. The summed E-state index contributed by atoms with van der Waals surface area (Å²) in [5.74, 6) is -0.367. The van der Waals surface area contributed by atoms with E-state index in [4.69, 9.17) is 4.74 Å². The van der Waals surface area contributed by atoms with Gasteiger partial charge in [0.1, 0.15) is 0 Å². The van der Waals surface area contributed by atoms with Crippen molar-refractivity contribution in [2.24, 2.45) is 0 Å². The first-order valence-electron chi connectivity index (χ1n) is 9.89. The minimum absolute atomic E-state index is 0.130. The lowest BCUT2D eigenvalue weighted by Gasteiger charge is -2.27. The van der Waals surface area contributed by atoms with Crippen molar-refractivity contribution in [2.45, 2.75) is 13.0 Å². The van der Waals surface area contributed by atoms with Gasteiger partial charge in [0.05, 0.1) is 12.7 Å². The fraction of sp³-hybridized carbons (Fsp3) is 0.167. The smallest absolute Gasteiger partial charge is 0.337 e. The van der Waals surface area contributed by atoms with E-state index < -0.39 is 0 Å². The van der Waals surface area contributed by atoms with Crippen molar-refractivity contribution in [3.05, 3.63) is 77.5 Å². The Bertz CT molecular complexity index is 1290. The number of esters is 1. The topological polar surface area (TPSA) is 74.4 Å². The number of fused-ring (bicyclic) bond motifs is 4. The Morgan fingerprint density at radius 3 is 2.70 bits per heavy atom. The van der Waals surface area contributed by atoms with Crippen molar-refractivity contribution in [3.63, 3.8) is 0 Å². The molecule has 2 heterocycles. The number of H-pyrrole nitrogens is 1. The number of methoxy groups -OCH3 is 1. The molecule has 0 aliphatic carbocycles. The number of hydrogen-bond donors (Lipinski definition) is 2. The van der Waals surface area contributed by atoms with Crippen LogP contribution in [0.2, 0.25) is 0 Å². The van der Waals surface area contributed by atoms with E-state index in [1.807, 2.05) is 54.6 Å². The normalized spacial score (nSPS) is 13.3. The number of aromatic nitrogens is 1. The van der Waals surface area contributed by atoms with Gasteiger partial charge in [0, 0.05) is 47.4 Å². The van der Waals surface area contributed by atoms with Gasteiger partial charge < -0.3 is 19.9 Å². The molecule has 4 aromatic rings. The molecule has 0 atom stereocenters. The van der Waals surface area contributed by atoms with E-state index in [0.717, 1.165) is 45.0 Å². The van der Waals surface area contributed by atoms with E-state index in [-0.39, 0.29) is 12.0 Å². The molecule has 2 N–H and O–H groups in total. The van der Waals surface area contributed by atoms with Gasteiger partial charge in [-0.3, -0.25) is 0 Å². The highest BCUT2D eigenvalue weighted by molar-refractivity contribution is 5.97. The third kappa shape index (κ3) is 3.16. The monoisotopic (exact) mass is 399 g/mol. The lowest BCUT2D eigenvalue weighted by Crippen LogP contribution is -2.38. The van der Waals surface area contributed by atoms with Gasteiger partial charge in [-0.1, -0.05) is 30.3 Å². The van der Waals surface area contributed by atoms with Gasteiger partial charge in [-0.05, 0) is 41.1 Å². The van der Waals surface area contributed by atoms with E-state index in [0.29, 0.717) is 18.7 Å².